The van der Waals surface area contributed by atoms with Gasteiger partial charge in [0.05, 0.1) is 42.5 Å². The molecule has 0 radical (unpaired) electrons. The van der Waals surface area contributed by atoms with E-state index < -0.39 is 168 Å². The number of imide groups is 2. The van der Waals surface area contributed by atoms with Crippen LogP contribution in [0.3, 0.4) is 0 Å². The number of alkyl carbamates (subject to hydrolysis) is 1. The maximum atomic E-state index is 15.6. The van der Waals surface area contributed by atoms with E-state index in [9.17, 15) is 39.0 Å². The number of aliphatic hydroxyl groups is 1. The van der Waals surface area contributed by atoms with E-state index in [1.54, 1.807) is 195 Å². The number of aliphatic hydroxyl groups excluding tert-OH is 1. The third-order valence-electron chi connectivity index (χ3n) is 15.3. The van der Waals surface area contributed by atoms with Crippen molar-refractivity contribution in [3.05, 3.63) is 108 Å². The Bertz CT molecular complexity index is 3010. The minimum atomic E-state index is -2.20. The van der Waals surface area contributed by atoms with E-state index in [1.165, 1.54) is 6.92 Å². The van der Waals surface area contributed by atoms with Crippen molar-refractivity contribution in [2.45, 2.75) is 220 Å². The van der Waals surface area contributed by atoms with Crippen LogP contribution in [0.15, 0.2) is 96.0 Å². The van der Waals surface area contributed by atoms with Gasteiger partial charge in [0.25, 0.3) is 5.91 Å². The highest BCUT2D eigenvalue weighted by Crippen LogP contribution is 2.37. The van der Waals surface area contributed by atoms with Gasteiger partial charge in [-0.25, -0.2) is 9.59 Å². The molecule has 0 aliphatic carbocycles. The molecule has 15 N–H and O–H groups in total. The summed E-state index contributed by atoms with van der Waals surface area (Å²) in [6.45, 7) is 23.7. The zero-order chi connectivity index (χ0) is 72.8. The number of nitrogens with zero attached hydrogens (tertiary/aromatic N) is 3. The van der Waals surface area contributed by atoms with E-state index in [0.717, 1.165) is 0 Å². The number of rotatable bonds is 34. The van der Waals surface area contributed by atoms with Gasteiger partial charge in [0.15, 0.2) is 12.0 Å². The molecule has 9 amide bonds. The number of amides is 9. The lowest BCUT2D eigenvalue weighted by atomic mass is 9.77. The van der Waals surface area contributed by atoms with Crippen LogP contribution in [0.5, 0.6) is 0 Å². The predicted molar refractivity (Wildman–Crippen MR) is 363 cm³/mol. The maximum Gasteiger partial charge on any atom is 0.408 e. The topological polar surface area (TPSA) is 422 Å². The molecule has 0 heterocycles. The minimum absolute atomic E-state index is 0.0340. The second-order valence-electron chi connectivity index (χ2n) is 27.7. The largest absolute Gasteiger partial charge is 0.480 e. The number of ether oxygens (including phenoxy) is 3. The van der Waals surface area contributed by atoms with Crippen LogP contribution >= 0.6 is 0 Å². The lowest BCUT2D eigenvalue weighted by Gasteiger charge is -2.37. The van der Waals surface area contributed by atoms with Crippen molar-refractivity contribution >= 4 is 65.3 Å². The number of benzene rings is 3. The van der Waals surface area contributed by atoms with Crippen LogP contribution in [-0.2, 0) is 62.9 Å². The summed E-state index contributed by atoms with van der Waals surface area (Å²) in [6.07, 6.45) is -4.63. The first kappa shape index (κ1) is 81.9. The number of nitrogens with two attached hydrogens (primary N) is 4. The molecule has 532 valence electrons. The van der Waals surface area contributed by atoms with Crippen molar-refractivity contribution in [1.82, 2.24) is 36.4 Å². The molecule has 0 aliphatic rings. The van der Waals surface area contributed by atoms with Crippen LogP contribution in [-0.4, -0.2) is 176 Å². The summed E-state index contributed by atoms with van der Waals surface area (Å²) in [5.41, 5.74) is 22.0. The predicted octanol–water partition coefficient (Wildman–Crippen LogP) is 3.83. The average Bonchev–Trinajstić information content (AvgIpc) is 0.749. The highest BCUT2D eigenvalue weighted by atomic mass is 16.6. The van der Waals surface area contributed by atoms with Gasteiger partial charge in [-0.2, -0.15) is 0 Å². The zero-order valence-corrected chi connectivity index (χ0v) is 58.6. The lowest BCUT2D eigenvalue weighted by molar-refractivity contribution is -0.166. The van der Waals surface area contributed by atoms with Gasteiger partial charge < -0.3 is 73.9 Å². The number of carboxylic acid groups (broad SMARTS) is 1. The van der Waals surface area contributed by atoms with Crippen molar-refractivity contribution in [3.8, 4) is 0 Å². The quantitative estimate of drug-likeness (QED) is 0.0175. The van der Waals surface area contributed by atoms with Crippen LogP contribution < -0.4 is 49.5 Å². The standard InChI is InChI=1S/C69H106N12O15/c1-17-42(6)54(77-57(85)48(34-27-35-74-64(72)73)75-58(86)49(36-40(2)3)76-59(87)55(56(84)41(4)5)78-65(93)96-68(14,15)16)62(90)80(61(89)53(71)43(7)95-67(11,12)13)38-52(83)81(50(63(91)92)39-94-66(8,9)10)60(88)47(70)37-51(82)79-69(44-28-21-18-22-29-44,45-30-23-19-24-31-45)46-32-25-20-26-33-46/h18-26,28-33,40-43,47-50,53-56,84H,17,27,34-39,70-71H2,1-16H3,(H,75,86)(H,76,87)(H,77,85)(H,78,93)(H,79,82)(H,91,92)(H4,72,73,74)/t42-,43-,47-,48+,49-,50-,53-,54-,55-,56+/m0/s1. The molecular formula is C69H106N12O15. The van der Waals surface area contributed by atoms with E-state index in [1.807, 2.05) is 0 Å². The minimum Gasteiger partial charge on any atom is -0.480 e. The Balaban J connectivity index is 2.25. The molecule has 0 unspecified atom stereocenters. The third kappa shape index (κ3) is 25.3. The SMILES string of the molecule is CC[C@H](C)[C@H](NC(=O)[C@@H](CCCN=C(N)N)NC(=O)[C@H](CC(C)C)NC(=O)[C@@H](NC(=O)OC(C)(C)C)[C@H](O)C(C)C)C(=O)N(CC(=O)N(C(=O)[C@@H](N)CC(=O)NC(c1ccccc1)(c1ccccc1)c1ccccc1)[C@@H](COC(C)(C)C)C(=O)O)C(=O)[C@@H](N)[C@H](C)OC(C)(C)C. The molecule has 3 rings (SSSR count). The van der Waals surface area contributed by atoms with Gasteiger partial charge in [-0.15, -0.1) is 0 Å². The van der Waals surface area contributed by atoms with Crippen molar-refractivity contribution < 1.29 is 72.4 Å². The molecule has 0 aromatic heterocycles. The average molecular weight is 1340 g/mol. The van der Waals surface area contributed by atoms with E-state index >= 15 is 19.2 Å². The summed E-state index contributed by atoms with van der Waals surface area (Å²) in [5, 5.41) is 35.6. The first-order valence-corrected chi connectivity index (χ1v) is 32.4. The van der Waals surface area contributed by atoms with E-state index in [0.29, 0.717) is 21.6 Å². The normalized spacial score (nSPS) is 15.1. The smallest absolute Gasteiger partial charge is 0.408 e. The van der Waals surface area contributed by atoms with Gasteiger partial charge >= 0.3 is 12.1 Å². The Kier molecular flexibility index (Phi) is 31.3. The van der Waals surface area contributed by atoms with Crippen LogP contribution in [0.1, 0.15) is 160 Å². The van der Waals surface area contributed by atoms with Crippen LogP contribution in [0.4, 0.5) is 4.79 Å². The summed E-state index contributed by atoms with van der Waals surface area (Å²) >= 11 is 0. The van der Waals surface area contributed by atoms with Gasteiger partial charge in [0, 0.05) is 6.54 Å². The van der Waals surface area contributed by atoms with Crippen molar-refractivity contribution in [3.63, 3.8) is 0 Å². The number of hydrogen-bond donors (Lipinski definition) is 11. The number of guanidine groups is 1. The van der Waals surface area contributed by atoms with Gasteiger partial charge in [-0.05, 0) is 123 Å². The Labute approximate surface area is 564 Å². The van der Waals surface area contributed by atoms with E-state index in [2.05, 4.69) is 31.6 Å². The Morgan fingerprint density at radius 3 is 1.56 bits per heavy atom. The Morgan fingerprint density at radius 1 is 0.625 bits per heavy atom. The fourth-order valence-corrected chi connectivity index (χ4v) is 10.3. The second kappa shape index (κ2) is 36.7. The molecule has 27 nitrogen and oxygen atoms in total. The molecule has 27 heteroatoms. The molecule has 10 atom stereocenters. The third-order valence-corrected chi connectivity index (χ3v) is 15.3. The molecule has 0 saturated heterocycles. The first-order chi connectivity index (χ1) is 44.5. The number of aliphatic carboxylic acids is 1. The number of nitrogens with one attached hydrogen (secondary N) is 5. The molecule has 0 bridgehead atoms. The number of carbonyl (C=O) groups is 10. The number of aliphatic imine (C=N–C) groups is 1. The lowest BCUT2D eigenvalue weighted by Crippen LogP contribution is -2.64. The van der Waals surface area contributed by atoms with Crippen molar-refractivity contribution in [2.75, 3.05) is 19.7 Å². The fraction of sp³-hybridized carbons (Fsp3) is 0.580. The second-order valence-corrected chi connectivity index (χ2v) is 27.7. The number of hydrogen-bond acceptors (Lipinski definition) is 17. The monoisotopic (exact) mass is 1340 g/mol. The molecule has 96 heavy (non-hydrogen) atoms. The summed E-state index contributed by atoms with van der Waals surface area (Å²) in [7, 11) is 0. The van der Waals surface area contributed by atoms with Crippen LogP contribution in [0, 0.1) is 17.8 Å². The summed E-state index contributed by atoms with van der Waals surface area (Å²) < 4.78 is 17.3. The molecule has 0 fully saturated rings. The van der Waals surface area contributed by atoms with Crippen LogP contribution in [0.2, 0.25) is 0 Å². The van der Waals surface area contributed by atoms with E-state index in [-0.39, 0.29) is 49.0 Å². The molecule has 3 aromatic rings. The summed E-state index contributed by atoms with van der Waals surface area (Å²) in [4.78, 5) is 151. The van der Waals surface area contributed by atoms with Gasteiger partial charge in [0.1, 0.15) is 47.9 Å². The molecule has 3 aromatic carbocycles. The number of carbonyl (C=O) groups excluding carboxylic acids is 9. The van der Waals surface area contributed by atoms with Gasteiger partial charge in [-0.1, -0.05) is 139 Å². The highest BCUT2D eigenvalue weighted by molar-refractivity contribution is 6.08. The highest BCUT2D eigenvalue weighted by Gasteiger charge is 2.46. The number of carboxylic acids is 1. The van der Waals surface area contributed by atoms with Crippen molar-refractivity contribution in [1.29, 1.82) is 0 Å². The molecule has 0 aliphatic heterocycles. The van der Waals surface area contributed by atoms with Crippen molar-refractivity contribution in [2.24, 2.45) is 45.7 Å². The fourth-order valence-electron chi connectivity index (χ4n) is 10.3. The summed E-state index contributed by atoms with van der Waals surface area (Å²) in [5.74, 6) is -13.0. The van der Waals surface area contributed by atoms with Crippen LogP contribution in [0.25, 0.3) is 0 Å². The van der Waals surface area contributed by atoms with Gasteiger partial charge in [-0.3, -0.25) is 53.1 Å². The Morgan fingerprint density at radius 2 is 1.12 bits per heavy atom. The van der Waals surface area contributed by atoms with E-state index in [4.69, 9.17) is 37.1 Å². The first-order valence-electron chi connectivity index (χ1n) is 32.4. The summed E-state index contributed by atoms with van der Waals surface area (Å²) in [6, 6.07) is 14.7. The maximum absolute atomic E-state index is 15.6. The van der Waals surface area contributed by atoms with Gasteiger partial charge in [0.2, 0.25) is 41.4 Å². The molecule has 0 saturated carbocycles. The molecule has 0 spiro atoms. The molecular weight excluding hydrogens is 1240 g/mol. The Hall–Kier alpha value is -8.37. The zero-order valence-electron chi connectivity index (χ0n) is 58.6.